The maximum absolute atomic E-state index is 11.4. The Morgan fingerprint density at radius 3 is 2.68 bits per heavy atom. The number of aliphatic imine (C=N–C) groups is 1. The maximum Gasteiger partial charge on any atom is 0.169 e. The summed E-state index contributed by atoms with van der Waals surface area (Å²) in [6.07, 6.45) is 0.564. The third-order valence-electron chi connectivity index (χ3n) is 4.53. The van der Waals surface area contributed by atoms with E-state index in [0.717, 1.165) is 41.4 Å². The summed E-state index contributed by atoms with van der Waals surface area (Å²) < 4.78 is 5.21. The number of ether oxygens (including phenoxy) is 1. The second kappa shape index (κ2) is 4.85. The zero-order valence-corrected chi connectivity index (χ0v) is 12.5. The SMILES string of the molecule is COc1ccc([C@]2(O)Cc3ccccc3C3=NCCN32)cc1. The van der Waals surface area contributed by atoms with E-state index in [2.05, 4.69) is 17.1 Å². The summed E-state index contributed by atoms with van der Waals surface area (Å²) >= 11 is 0. The van der Waals surface area contributed by atoms with E-state index >= 15 is 0 Å². The van der Waals surface area contributed by atoms with E-state index in [4.69, 9.17) is 4.74 Å². The monoisotopic (exact) mass is 294 g/mol. The number of hydrogen-bond donors (Lipinski definition) is 1. The Kier molecular flexibility index (Phi) is 2.94. The lowest BCUT2D eigenvalue weighted by atomic mass is 9.86. The van der Waals surface area contributed by atoms with Gasteiger partial charge < -0.3 is 14.7 Å². The fourth-order valence-corrected chi connectivity index (χ4v) is 3.41. The first-order valence-corrected chi connectivity index (χ1v) is 7.50. The first kappa shape index (κ1) is 13.3. The van der Waals surface area contributed by atoms with E-state index in [9.17, 15) is 5.11 Å². The van der Waals surface area contributed by atoms with Crippen molar-refractivity contribution in [2.45, 2.75) is 12.1 Å². The average Bonchev–Trinajstić information content (AvgIpc) is 3.06. The zero-order valence-electron chi connectivity index (χ0n) is 12.5. The standard InChI is InChI=1S/C18H18N2O2/c1-22-15-8-6-14(7-9-15)18(21)12-13-4-2-3-5-16(13)17-19-10-11-20(17)18/h2-9,21H,10-12H2,1H3/t18-/m1/s1. The summed E-state index contributed by atoms with van der Waals surface area (Å²) in [5.41, 5.74) is 2.10. The highest BCUT2D eigenvalue weighted by atomic mass is 16.5. The van der Waals surface area contributed by atoms with Crippen molar-refractivity contribution in [3.63, 3.8) is 0 Å². The van der Waals surface area contributed by atoms with Crippen LogP contribution < -0.4 is 4.74 Å². The molecule has 4 heteroatoms. The highest BCUT2D eigenvalue weighted by Gasteiger charge is 2.44. The van der Waals surface area contributed by atoms with Crippen LogP contribution in [0.25, 0.3) is 0 Å². The minimum absolute atomic E-state index is 0.564. The molecule has 0 fully saturated rings. The van der Waals surface area contributed by atoms with Crippen LogP contribution in [0.5, 0.6) is 5.75 Å². The minimum atomic E-state index is -1.05. The summed E-state index contributed by atoms with van der Waals surface area (Å²) in [6, 6.07) is 15.8. The molecule has 22 heavy (non-hydrogen) atoms. The molecule has 4 nitrogen and oxygen atoms in total. The van der Waals surface area contributed by atoms with Crippen LogP contribution in [0.3, 0.4) is 0 Å². The molecule has 0 radical (unpaired) electrons. The molecule has 0 amide bonds. The normalized spacial score (nSPS) is 22.8. The van der Waals surface area contributed by atoms with Crippen LogP contribution in [0.4, 0.5) is 0 Å². The molecule has 112 valence electrons. The summed E-state index contributed by atoms with van der Waals surface area (Å²) in [7, 11) is 1.64. The predicted octanol–water partition coefficient (Wildman–Crippen LogP) is 2.16. The number of rotatable bonds is 2. The van der Waals surface area contributed by atoms with Crippen LogP contribution in [0.2, 0.25) is 0 Å². The number of methoxy groups -OCH3 is 1. The molecule has 0 saturated heterocycles. The predicted molar refractivity (Wildman–Crippen MR) is 85.1 cm³/mol. The number of benzene rings is 2. The van der Waals surface area contributed by atoms with Gasteiger partial charge in [-0.15, -0.1) is 0 Å². The highest BCUT2D eigenvalue weighted by Crippen LogP contribution is 2.38. The van der Waals surface area contributed by atoms with Crippen LogP contribution in [0, 0.1) is 0 Å². The molecule has 2 heterocycles. The van der Waals surface area contributed by atoms with Crippen molar-refractivity contribution < 1.29 is 9.84 Å². The first-order chi connectivity index (χ1) is 10.7. The lowest BCUT2D eigenvalue weighted by molar-refractivity contribution is -0.0745. The Morgan fingerprint density at radius 2 is 1.91 bits per heavy atom. The van der Waals surface area contributed by atoms with Crippen LogP contribution in [-0.4, -0.2) is 36.0 Å². The van der Waals surface area contributed by atoms with Gasteiger partial charge in [0, 0.05) is 24.1 Å². The van der Waals surface area contributed by atoms with E-state index in [-0.39, 0.29) is 0 Å². The van der Waals surface area contributed by atoms with Gasteiger partial charge in [0.15, 0.2) is 5.72 Å². The number of amidine groups is 1. The van der Waals surface area contributed by atoms with Crippen molar-refractivity contribution in [3.05, 3.63) is 65.2 Å². The highest BCUT2D eigenvalue weighted by molar-refractivity contribution is 6.02. The lowest BCUT2D eigenvalue weighted by Crippen LogP contribution is -2.53. The first-order valence-electron chi connectivity index (χ1n) is 7.50. The number of hydrogen-bond acceptors (Lipinski definition) is 4. The largest absolute Gasteiger partial charge is 0.497 e. The van der Waals surface area contributed by atoms with Crippen molar-refractivity contribution in [1.82, 2.24) is 4.90 Å². The second-order valence-electron chi connectivity index (χ2n) is 5.74. The maximum atomic E-state index is 11.4. The molecule has 2 aliphatic rings. The Labute approximate surface area is 129 Å². The zero-order chi connectivity index (χ0) is 15.2. The Morgan fingerprint density at radius 1 is 1.14 bits per heavy atom. The summed E-state index contributed by atoms with van der Waals surface area (Å²) in [4.78, 5) is 6.64. The molecule has 0 aromatic heterocycles. The van der Waals surface area contributed by atoms with Gasteiger partial charge in [-0.2, -0.15) is 0 Å². The molecular weight excluding hydrogens is 276 g/mol. The molecule has 0 aliphatic carbocycles. The summed E-state index contributed by atoms with van der Waals surface area (Å²) in [5.74, 6) is 1.69. The van der Waals surface area contributed by atoms with Crippen LogP contribution in [0.1, 0.15) is 16.7 Å². The van der Waals surface area contributed by atoms with E-state index in [0.29, 0.717) is 6.42 Å². The quantitative estimate of drug-likeness (QED) is 0.923. The van der Waals surface area contributed by atoms with Crippen molar-refractivity contribution >= 4 is 5.84 Å². The molecule has 1 N–H and O–H groups in total. The molecular formula is C18H18N2O2. The lowest BCUT2D eigenvalue weighted by Gasteiger charge is -2.43. The summed E-state index contributed by atoms with van der Waals surface area (Å²) in [6.45, 7) is 1.47. The molecule has 4 rings (SSSR count). The molecule has 2 aromatic carbocycles. The van der Waals surface area contributed by atoms with Gasteiger partial charge in [0.2, 0.25) is 0 Å². The van der Waals surface area contributed by atoms with Gasteiger partial charge in [0.1, 0.15) is 11.6 Å². The van der Waals surface area contributed by atoms with Gasteiger partial charge in [-0.05, 0) is 17.7 Å². The van der Waals surface area contributed by atoms with Gasteiger partial charge in [0.25, 0.3) is 0 Å². The third-order valence-corrected chi connectivity index (χ3v) is 4.53. The van der Waals surface area contributed by atoms with Crippen LogP contribution >= 0.6 is 0 Å². The van der Waals surface area contributed by atoms with Gasteiger partial charge in [0.05, 0.1) is 13.7 Å². The smallest absolute Gasteiger partial charge is 0.169 e. The van der Waals surface area contributed by atoms with Crippen molar-refractivity contribution in [2.24, 2.45) is 4.99 Å². The Hall–Kier alpha value is -2.33. The van der Waals surface area contributed by atoms with E-state index in [1.807, 2.05) is 41.3 Å². The molecule has 0 unspecified atom stereocenters. The molecule has 0 saturated carbocycles. The average molecular weight is 294 g/mol. The van der Waals surface area contributed by atoms with Crippen molar-refractivity contribution in [1.29, 1.82) is 0 Å². The van der Waals surface area contributed by atoms with Gasteiger partial charge in [-0.1, -0.05) is 36.4 Å². The summed E-state index contributed by atoms with van der Waals surface area (Å²) in [5, 5.41) is 11.4. The van der Waals surface area contributed by atoms with Gasteiger partial charge in [-0.3, -0.25) is 4.99 Å². The number of fused-ring (bicyclic) bond motifs is 3. The van der Waals surface area contributed by atoms with E-state index in [1.165, 1.54) is 0 Å². The van der Waals surface area contributed by atoms with E-state index < -0.39 is 5.72 Å². The molecule has 1 atom stereocenters. The molecule has 0 bridgehead atoms. The Bertz CT molecular complexity index is 739. The van der Waals surface area contributed by atoms with Crippen molar-refractivity contribution in [2.75, 3.05) is 20.2 Å². The van der Waals surface area contributed by atoms with Gasteiger partial charge >= 0.3 is 0 Å². The van der Waals surface area contributed by atoms with E-state index in [1.54, 1.807) is 7.11 Å². The Balaban J connectivity index is 1.83. The molecule has 2 aliphatic heterocycles. The third kappa shape index (κ3) is 1.84. The minimum Gasteiger partial charge on any atom is -0.497 e. The van der Waals surface area contributed by atoms with Crippen LogP contribution in [-0.2, 0) is 12.1 Å². The number of nitrogens with zero attached hydrogens (tertiary/aromatic N) is 2. The molecule has 2 aromatic rings. The van der Waals surface area contributed by atoms with Crippen LogP contribution in [0.15, 0.2) is 53.5 Å². The van der Waals surface area contributed by atoms with Crippen molar-refractivity contribution in [3.8, 4) is 5.75 Å². The molecule has 0 spiro atoms. The number of aliphatic hydroxyl groups is 1. The fourth-order valence-electron chi connectivity index (χ4n) is 3.41. The second-order valence-corrected chi connectivity index (χ2v) is 5.74. The topological polar surface area (TPSA) is 45.1 Å². The fraction of sp³-hybridized carbons (Fsp3) is 0.278. The van der Waals surface area contributed by atoms with Gasteiger partial charge in [-0.25, -0.2) is 0 Å².